The summed E-state index contributed by atoms with van der Waals surface area (Å²) in [6.45, 7) is 13.1. The quantitative estimate of drug-likeness (QED) is 0.135. The van der Waals surface area contributed by atoms with Gasteiger partial charge in [-0.15, -0.1) is 0 Å². The molecule has 7 heteroatoms. The van der Waals surface area contributed by atoms with E-state index < -0.39 is 17.9 Å². The van der Waals surface area contributed by atoms with E-state index in [0.29, 0.717) is 25.2 Å². The number of hydrogen-bond donors (Lipinski definition) is 3. The Kier molecular flexibility index (Phi) is 37.1. The van der Waals surface area contributed by atoms with E-state index in [4.69, 9.17) is 15.3 Å². The molecule has 3 N–H and O–H groups in total. The Hall–Kier alpha value is -0.213. The third-order valence-corrected chi connectivity index (χ3v) is 5.02. The van der Waals surface area contributed by atoms with E-state index in [-0.39, 0.29) is 41.7 Å². The number of unbranched alkanes of at least 4 members (excludes halogenated alkanes) is 6. The summed E-state index contributed by atoms with van der Waals surface area (Å²) in [6, 6.07) is 0. The smallest absolute Gasteiger partial charge is 0.303 e. The van der Waals surface area contributed by atoms with Gasteiger partial charge in [0.05, 0.1) is 0 Å². The second kappa shape index (κ2) is 30.8. The van der Waals surface area contributed by atoms with Crippen molar-refractivity contribution in [2.24, 2.45) is 17.8 Å². The zero-order valence-corrected chi connectivity index (χ0v) is 26.0. The summed E-state index contributed by atoms with van der Waals surface area (Å²) in [6.07, 6.45) is 13.9. The van der Waals surface area contributed by atoms with E-state index in [2.05, 4.69) is 41.5 Å². The first-order valence-corrected chi connectivity index (χ1v) is 13.0. The van der Waals surface area contributed by atoms with Crippen LogP contribution in [-0.4, -0.2) is 33.2 Å². The van der Waals surface area contributed by atoms with Gasteiger partial charge in [-0.3, -0.25) is 14.4 Å². The fraction of sp³-hybridized carbons (Fsp3) is 0.889. The molecule has 34 heavy (non-hydrogen) atoms. The second-order valence-electron chi connectivity index (χ2n) is 10.2. The van der Waals surface area contributed by atoms with Gasteiger partial charge in [0.25, 0.3) is 0 Å². The molecule has 0 saturated carbocycles. The molecule has 0 aromatic heterocycles. The molecule has 0 aliphatic carbocycles. The van der Waals surface area contributed by atoms with Crippen molar-refractivity contribution in [2.75, 3.05) is 0 Å². The molecule has 0 fully saturated rings. The number of aliphatic carboxylic acids is 3. The number of rotatable bonds is 18. The molecule has 0 amide bonds. The van der Waals surface area contributed by atoms with Crippen LogP contribution in [0.15, 0.2) is 0 Å². The first kappa shape index (κ1) is 40.9. The second-order valence-corrected chi connectivity index (χ2v) is 10.2. The molecule has 0 bridgehead atoms. The fourth-order valence-electron chi connectivity index (χ4n) is 3.02. The van der Waals surface area contributed by atoms with Gasteiger partial charge in [-0.1, -0.05) is 99.3 Å². The summed E-state index contributed by atoms with van der Waals surface area (Å²) < 4.78 is 0. The van der Waals surface area contributed by atoms with Crippen LogP contribution in [0, 0.1) is 59.5 Å². The van der Waals surface area contributed by atoms with Crippen molar-refractivity contribution in [1.82, 2.24) is 0 Å². The van der Waals surface area contributed by atoms with E-state index in [0.717, 1.165) is 56.8 Å². The summed E-state index contributed by atoms with van der Waals surface area (Å²) in [5.41, 5.74) is 0. The number of hydrogen-bond acceptors (Lipinski definition) is 3. The van der Waals surface area contributed by atoms with Crippen LogP contribution in [0.1, 0.15) is 138 Å². The molecule has 0 aliphatic rings. The summed E-state index contributed by atoms with van der Waals surface area (Å²) in [7, 11) is 0. The fourth-order valence-corrected chi connectivity index (χ4v) is 3.02. The van der Waals surface area contributed by atoms with E-state index in [9.17, 15) is 14.4 Å². The standard InChI is InChI=1S/C10H20O2.C9H18O2.C8H16O2.Ce/c1-9(2)7-5-3-4-6-8-10(11)12;1-8(2)6-4-3-5-7-9(10)11;1-7(2)5-3-4-6-8(9)10;/h9H,3-8H2,1-2H3,(H,11,12);8H,3-7H2,1-2H3,(H,10,11);7H,3-6H2,1-2H3,(H,9,10);. The van der Waals surface area contributed by atoms with Crippen molar-refractivity contribution in [2.45, 2.75) is 138 Å². The maximum Gasteiger partial charge on any atom is 0.303 e. The number of carboxylic acid groups (broad SMARTS) is 3. The third-order valence-electron chi connectivity index (χ3n) is 5.02. The van der Waals surface area contributed by atoms with Gasteiger partial charge in [0.1, 0.15) is 0 Å². The predicted molar refractivity (Wildman–Crippen MR) is 137 cm³/mol. The number of carbonyl (C=O) groups is 3. The van der Waals surface area contributed by atoms with Crippen molar-refractivity contribution >= 4 is 17.9 Å². The predicted octanol–water partition coefficient (Wildman–Crippen LogP) is 8.03. The van der Waals surface area contributed by atoms with Crippen LogP contribution in [0.25, 0.3) is 0 Å². The van der Waals surface area contributed by atoms with E-state index in [1.165, 1.54) is 32.1 Å². The number of carboxylic acids is 3. The average molecular weight is 615 g/mol. The summed E-state index contributed by atoms with van der Waals surface area (Å²) >= 11 is 0. The van der Waals surface area contributed by atoms with Gasteiger partial charge in [0, 0.05) is 61.0 Å². The molecule has 0 saturated heterocycles. The Morgan fingerprint density at radius 3 is 0.912 bits per heavy atom. The van der Waals surface area contributed by atoms with E-state index in [1.54, 1.807) is 0 Å². The summed E-state index contributed by atoms with van der Waals surface area (Å²) in [5.74, 6) is 0.218. The summed E-state index contributed by atoms with van der Waals surface area (Å²) in [4.78, 5) is 30.3. The average Bonchev–Trinajstić information content (AvgIpc) is 2.67. The summed E-state index contributed by atoms with van der Waals surface area (Å²) in [5, 5.41) is 25.0. The first-order chi connectivity index (χ1) is 15.4. The third kappa shape index (κ3) is 53.2. The van der Waals surface area contributed by atoms with Crippen LogP contribution in [0.5, 0.6) is 0 Å². The van der Waals surface area contributed by atoms with Crippen LogP contribution >= 0.6 is 0 Å². The molecule has 0 atom stereocenters. The van der Waals surface area contributed by atoms with Gasteiger partial charge >= 0.3 is 17.9 Å². The molecule has 0 rings (SSSR count). The molecule has 0 spiro atoms. The monoisotopic (exact) mass is 614 g/mol. The zero-order chi connectivity index (χ0) is 26.1. The van der Waals surface area contributed by atoms with Crippen molar-refractivity contribution in [3.63, 3.8) is 0 Å². The van der Waals surface area contributed by atoms with E-state index >= 15 is 0 Å². The SMILES string of the molecule is CC(C)CCCCC(=O)O.CC(C)CCCCCC(=O)O.CC(C)CCCCCCC(=O)O.[Ce]. The van der Waals surface area contributed by atoms with Crippen molar-refractivity contribution in [3.05, 3.63) is 0 Å². The van der Waals surface area contributed by atoms with Gasteiger partial charge in [0.15, 0.2) is 0 Å². The van der Waals surface area contributed by atoms with Gasteiger partial charge in [0.2, 0.25) is 0 Å². The van der Waals surface area contributed by atoms with Crippen LogP contribution < -0.4 is 0 Å². The Morgan fingerprint density at radius 1 is 0.441 bits per heavy atom. The molecule has 0 unspecified atom stereocenters. The molecular formula is C27H54CeO6. The molecule has 0 heterocycles. The molecule has 202 valence electrons. The minimum absolute atomic E-state index is 0. The molecule has 6 nitrogen and oxygen atoms in total. The van der Waals surface area contributed by atoms with E-state index in [1.807, 2.05) is 0 Å². The van der Waals surface area contributed by atoms with Crippen LogP contribution in [-0.2, 0) is 14.4 Å². The normalized spacial score (nSPS) is 10.1. The Morgan fingerprint density at radius 2 is 0.647 bits per heavy atom. The molecular weight excluding hydrogens is 560 g/mol. The van der Waals surface area contributed by atoms with Gasteiger partial charge in [-0.2, -0.15) is 0 Å². The van der Waals surface area contributed by atoms with Crippen LogP contribution in [0.2, 0.25) is 0 Å². The Labute approximate surface area is 243 Å². The van der Waals surface area contributed by atoms with Gasteiger partial charge < -0.3 is 15.3 Å². The largest absolute Gasteiger partial charge is 0.481 e. The molecule has 0 radical (unpaired) electrons. The Balaban J connectivity index is -0.000000196. The maximum atomic E-state index is 10.1. The molecule has 0 aliphatic heterocycles. The van der Waals surface area contributed by atoms with Gasteiger partial charge in [-0.25, -0.2) is 0 Å². The van der Waals surface area contributed by atoms with Crippen molar-refractivity contribution in [1.29, 1.82) is 0 Å². The maximum absolute atomic E-state index is 10.1. The minimum atomic E-state index is -0.677. The van der Waals surface area contributed by atoms with Crippen molar-refractivity contribution < 1.29 is 71.5 Å². The zero-order valence-electron chi connectivity index (χ0n) is 22.9. The molecule has 0 aromatic carbocycles. The Bertz CT molecular complexity index is 464. The first-order valence-electron chi connectivity index (χ1n) is 13.0. The van der Waals surface area contributed by atoms with Crippen LogP contribution in [0.4, 0.5) is 0 Å². The minimum Gasteiger partial charge on any atom is -0.481 e. The van der Waals surface area contributed by atoms with Gasteiger partial charge in [-0.05, 0) is 37.0 Å². The van der Waals surface area contributed by atoms with Crippen LogP contribution in [0.3, 0.4) is 0 Å². The topological polar surface area (TPSA) is 112 Å². The molecule has 0 aromatic rings. The van der Waals surface area contributed by atoms with Crippen molar-refractivity contribution in [3.8, 4) is 0 Å².